The van der Waals surface area contributed by atoms with Crippen molar-refractivity contribution in [2.45, 2.75) is 24.9 Å². The lowest BCUT2D eigenvalue weighted by Gasteiger charge is -2.41. The van der Waals surface area contributed by atoms with E-state index in [-0.39, 0.29) is 23.8 Å². The Morgan fingerprint density at radius 3 is 2.60 bits per heavy atom. The van der Waals surface area contributed by atoms with Crippen LogP contribution in [0.15, 0.2) is 36.7 Å². The van der Waals surface area contributed by atoms with E-state index >= 15 is 0 Å². The van der Waals surface area contributed by atoms with Gasteiger partial charge in [-0.1, -0.05) is 12.1 Å². The molecule has 2 aliphatic heterocycles. The summed E-state index contributed by atoms with van der Waals surface area (Å²) >= 11 is 1.29. The molecule has 2 bridgehead atoms. The van der Waals surface area contributed by atoms with E-state index in [9.17, 15) is 14.0 Å². The van der Waals surface area contributed by atoms with Crippen LogP contribution in [0.5, 0.6) is 0 Å². The van der Waals surface area contributed by atoms with Crippen LogP contribution in [0.1, 0.15) is 22.5 Å². The van der Waals surface area contributed by atoms with E-state index in [4.69, 9.17) is 5.73 Å². The van der Waals surface area contributed by atoms with Gasteiger partial charge in [-0.05, 0) is 31.0 Å². The number of nitrogens with two attached hydrogens (primary N) is 1. The zero-order valence-corrected chi connectivity index (χ0v) is 16.7. The molecule has 2 aliphatic rings. The first kappa shape index (κ1) is 18.7. The van der Waals surface area contributed by atoms with Crippen LogP contribution in [-0.2, 0) is 0 Å². The number of aromatic nitrogens is 2. The number of nitrogens with zero attached hydrogens (tertiary/aromatic N) is 4. The Hall–Kier alpha value is -3.27. The van der Waals surface area contributed by atoms with Crippen LogP contribution in [0.2, 0.25) is 0 Å². The van der Waals surface area contributed by atoms with Crippen molar-refractivity contribution >= 4 is 45.0 Å². The average molecular weight is 426 g/mol. The molecule has 30 heavy (non-hydrogen) atoms. The van der Waals surface area contributed by atoms with Crippen LogP contribution >= 0.6 is 11.3 Å². The Bertz CT molecular complexity index is 1140. The van der Waals surface area contributed by atoms with Gasteiger partial charge in [-0.2, -0.15) is 0 Å². The quantitative estimate of drug-likeness (QED) is 0.670. The molecule has 3 N–H and O–H groups in total. The van der Waals surface area contributed by atoms with E-state index in [1.807, 2.05) is 0 Å². The molecule has 0 aliphatic carbocycles. The fourth-order valence-corrected chi connectivity index (χ4v) is 5.28. The van der Waals surface area contributed by atoms with Crippen molar-refractivity contribution < 1.29 is 14.0 Å². The zero-order valence-electron chi connectivity index (χ0n) is 15.9. The molecule has 0 saturated carbocycles. The normalized spacial score (nSPS) is 20.6. The fraction of sp³-hybridized carbons (Fsp3) is 0.300. The largest absolute Gasteiger partial charge is 0.365 e. The number of piperazine rings is 1. The van der Waals surface area contributed by atoms with Gasteiger partial charge in [0.2, 0.25) is 0 Å². The Balaban J connectivity index is 1.39. The number of thiophene rings is 1. The smallest absolute Gasteiger partial charge is 0.322 e. The van der Waals surface area contributed by atoms with E-state index in [1.165, 1.54) is 23.7 Å². The van der Waals surface area contributed by atoms with Gasteiger partial charge in [0, 0.05) is 25.2 Å². The van der Waals surface area contributed by atoms with Crippen molar-refractivity contribution in [2.75, 3.05) is 23.3 Å². The number of likely N-dealkylation sites (tertiary alicyclic amines) is 1. The van der Waals surface area contributed by atoms with E-state index in [1.54, 1.807) is 29.2 Å². The van der Waals surface area contributed by atoms with Gasteiger partial charge in [-0.3, -0.25) is 4.79 Å². The molecule has 0 radical (unpaired) electrons. The van der Waals surface area contributed by atoms with Crippen molar-refractivity contribution in [3.05, 3.63) is 47.4 Å². The molecule has 2 saturated heterocycles. The lowest BCUT2D eigenvalue weighted by atomic mass is 10.2. The number of halogens is 1. The third-order valence-corrected chi connectivity index (χ3v) is 6.80. The lowest BCUT2D eigenvalue weighted by molar-refractivity contribution is 0.100. The number of para-hydroxylation sites is 1. The summed E-state index contributed by atoms with van der Waals surface area (Å²) in [6, 6.07) is 7.69. The molecule has 4 heterocycles. The molecule has 8 nitrogen and oxygen atoms in total. The molecule has 0 unspecified atom stereocenters. The van der Waals surface area contributed by atoms with Crippen molar-refractivity contribution in [3.8, 4) is 0 Å². The summed E-state index contributed by atoms with van der Waals surface area (Å²) in [6.07, 6.45) is 3.34. The van der Waals surface area contributed by atoms with Gasteiger partial charge in [-0.25, -0.2) is 19.2 Å². The van der Waals surface area contributed by atoms with Crippen molar-refractivity contribution in [1.29, 1.82) is 0 Å². The molecule has 3 amide bonds. The second kappa shape index (κ2) is 7.21. The number of carbonyl (C=O) groups is 2. The maximum absolute atomic E-state index is 13.9. The number of hydrogen-bond acceptors (Lipinski definition) is 6. The number of nitrogens with one attached hydrogen (secondary N) is 1. The summed E-state index contributed by atoms with van der Waals surface area (Å²) in [5, 5.41) is 2.67. The van der Waals surface area contributed by atoms with Crippen LogP contribution in [-0.4, -0.2) is 52.0 Å². The topological polar surface area (TPSA) is 104 Å². The standard InChI is InChI=1S/C20H19FN6O2S/c21-13-3-1-2-4-14(13)25-20(29)26-8-11-5-6-12(9-26)27(11)19-17-15(23-10-24-19)7-16(30-17)18(22)28/h1-4,7,10-12H,5-6,8-9H2,(H2,22,28)(H,25,29)/t11-,12+. The summed E-state index contributed by atoms with van der Waals surface area (Å²) < 4.78 is 14.7. The van der Waals surface area contributed by atoms with Crippen LogP contribution in [0, 0.1) is 5.82 Å². The Morgan fingerprint density at radius 1 is 1.17 bits per heavy atom. The minimum Gasteiger partial charge on any atom is -0.365 e. The molecule has 10 heteroatoms. The molecule has 1 aromatic carbocycles. The van der Waals surface area contributed by atoms with Gasteiger partial charge >= 0.3 is 6.03 Å². The Kier molecular flexibility index (Phi) is 4.50. The van der Waals surface area contributed by atoms with Crippen molar-refractivity contribution in [2.24, 2.45) is 5.73 Å². The van der Waals surface area contributed by atoms with Gasteiger partial charge in [0.1, 0.15) is 12.1 Å². The predicted molar refractivity (Wildman–Crippen MR) is 112 cm³/mol. The minimum atomic E-state index is -0.485. The first-order valence-corrected chi connectivity index (χ1v) is 10.5. The Labute approximate surface area is 175 Å². The number of primary amides is 1. The lowest BCUT2D eigenvalue weighted by Crippen LogP contribution is -2.56. The van der Waals surface area contributed by atoms with Gasteiger partial charge in [0.15, 0.2) is 5.82 Å². The highest BCUT2D eigenvalue weighted by molar-refractivity contribution is 7.21. The number of anilines is 2. The molecule has 5 rings (SSSR count). The van der Waals surface area contributed by atoms with E-state index in [0.29, 0.717) is 23.5 Å². The second-order valence-electron chi connectivity index (χ2n) is 7.49. The fourth-order valence-electron chi connectivity index (χ4n) is 4.32. The number of urea groups is 1. The van der Waals surface area contributed by atoms with Gasteiger partial charge in [0.25, 0.3) is 5.91 Å². The van der Waals surface area contributed by atoms with Crippen LogP contribution < -0.4 is 16.0 Å². The summed E-state index contributed by atoms with van der Waals surface area (Å²) in [5.41, 5.74) is 6.30. The van der Waals surface area contributed by atoms with Gasteiger partial charge in [0.05, 0.1) is 20.8 Å². The number of amides is 3. The SMILES string of the molecule is NC(=O)c1cc2ncnc(N3[C@@H]4CC[C@H]3CN(C(=O)Nc3ccccc3F)C4)c2s1. The molecule has 0 spiro atoms. The predicted octanol–water partition coefficient (Wildman–Crippen LogP) is 2.81. The maximum atomic E-state index is 13.9. The molecular formula is C20H19FN6O2S. The maximum Gasteiger partial charge on any atom is 0.322 e. The van der Waals surface area contributed by atoms with Crippen molar-refractivity contribution in [3.63, 3.8) is 0 Å². The van der Waals surface area contributed by atoms with E-state index < -0.39 is 11.7 Å². The van der Waals surface area contributed by atoms with E-state index in [0.717, 1.165) is 23.4 Å². The van der Waals surface area contributed by atoms with Crippen LogP contribution in [0.3, 0.4) is 0 Å². The number of benzene rings is 1. The molecule has 3 aromatic rings. The summed E-state index contributed by atoms with van der Waals surface area (Å²) in [7, 11) is 0. The number of fused-ring (bicyclic) bond motifs is 3. The highest BCUT2D eigenvalue weighted by Gasteiger charge is 2.43. The molecule has 2 fully saturated rings. The minimum absolute atomic E-state index is 0.0901. The third-order valence-electron chi connectivity index (χ3n) is 5.66. The second-order valence-corrected chi connectivity index (χ2v) is 8.55. The number of rotatable bonds is 3. The summed E-state index contributed by atoms with van der Waals surface area (Å²) in [6.45, 7) is 1.02. The van der Waals surface area contributed by atoms with E-state index in [2.05, 4.69) is 20.2 Å². The van der Waals surface area contributed by atoms with Gasteiger partial charge in [-0.15, -0.1) is 11.3 Å². The summed E-state index contributed by atoms with van der Waals surface area (Å²) in [5.74, 6) is -0.167. The highest BCUT2D eigenvalue weighted by Crippen LogP contribution is 2.39. The third kappa shape index (κ3) is 3.13. The first-order valence-electron chi connectivity index (χ1n) is 9.64. The number of carbonyl (C=O) groups excluding carboxylic acids is 2. The first-order chi connectivity index (χ1) is 14.5. The van der Waals surface area contributed by atoms with Gasteiger partial charge < -0.3 is 20.9 Å². The average Bonchev–Trinajstić information content (AvgIpc) is 3.28. The summed E-state index contributed by atoms with van der Waals surface area (Å²) in [4.78, 5) is 37.5. The molecular weight excluding hydrogens is 407 g/mol. The number of hydrogen-bond donors (Lipinski definition) is 2. The van der Waals surface area contributed by atoms with Crippen molar-refractivity contribution in [1.82, 2.24) is 14.9 Å². The molecule has 154 valence electrons. The molecule has 2 aromatic heterocycles. The zero-order chi connectivity index (χ0) is 20.8. The van der Waals surface area contributed by atoms with Crippen LogP contribution in [0.25, 0.3) is 10.2 Å². The molecule has 2 atom stereocenters. The Morgan fingerprint density at radius 2 is 1.90 bits per heavy atom. The monoisotopic (exact) mass is 426 g/mol. The van der Waals surface area contributed by atoms with Crippen LogP contribution in [0.4, 0.5) is 20.7 Å². The highest BCUT2D eigenvalue weighted by atomic mass is 32.1.